The molecule has 3 aromatic rings. The van der Waals surface area contributed by atoms with Crippen molar-refractivity contribution in [3.63, 3.8) is 0 Å². The van der Waals surface area contributed by atoms with Gasteiger partial charge >= 0.3 is 0 Å². The molecule has 24 heavy (non-hydrogen) atoms. The molecule has 0 fully saturated rings. The average molecular weight is 322 g/mol. The summed E-state index contributed by atoms with van der Waals surface area (Å²) in [7, 11) is 0. The van der Waals surface area contributed by atoms with Gasteiger partial charge in [0.05, 0.1) is 11.0 Å². The molecular formula is C18H18N4O2. The van der Waals surface area contributed by atoms with Crippen LogP contribution in [0, 0.1) is 0 Å². The third-order valence-corrected chi connectivity index (χ3v) is 3.60. The van der Waals surface area contributed by atoms with E-state index in [1.54, 1.807) is 23.1 Å². The molecule has 0 bridgehead atoms. The Labute approximate surface area is 139 Å². The zero-order valence-corrected chi connectivity index (χ0v) is 13.1. The largest absolute Gasteiger partial charge is 0.352 e. The Bertz CT molecular complexity index is 842. The molecular weight excluding hydrogens is 304 g/mol. The second-order valence-corrected chi connectivity index (χ2v) is 5.36. The van der Waals surface area contributed by atoms with Crippen LogP contribution in [0.2, 0.25) is 0 Å². The van der Waals surface area contributed by atoms with Gasteiger partial charge in [-0.25, -0.2) is 9.66 Å². The summed E-state index contributed by atoms with van der Waals surface area (Å²) in [6.07, 6.45) is 2.47. The molecule has 0 aliphatic rings. The molecule has 2 amide bonds. The first kappa shape index (κ1) is 15.7. The monoisotopic (exact) mass is 322 g/mol. The third kappa shape index (κ3) is 3.78. The van der Waals surface area contributed by atoms with Crippen LogP contribution in [0.25, 0.3) is 11.0 Å². The number of nitrogens with zero attached hydrogens (tertiary/aromatic N) is 2. The van der Waals surface area contributed by atoms with Crippen LogP contribution in [0.4, 0.5) is 0 Å². The van der Waals surface area contributed by atoms with Crippen LogP contribution in [-0.2, 0) is 4.79 Å². The predicted molar refractivity (Wildman–Crippen MR) is 92.1 cm³/mol. The number of hydrogen-bond acceptors (Lipinski definition) is 3. The number of carbonyl (C=O) groups is 2. The van der Waals surface area contributed by atoms with Gasteiger partial charge in [0.1, 0.15) is 6.33 Å². The first-order valence-electron chi connectivity index (χ1n) is 7.79. The highest BCUT2D eigenvalue weighted by Gasteiger charge is 2.07. The summed E-state index contributed by atoms with van der Waals surface area (Å²) in [5.74, 6) is -0.247. The normalized spacial score (nSPS) is 10.5. The van der Waals surface area contributed by atoms with Crippen molar-refractivity contribution < 1.29 is 9.59 Å². The van der Waals surface area contributed by atoms with Gasteiger partial charge in [0.25, 0.3) is 5.91 Å². The number of imidazole rings is 1. The summed E-state index contributed by atoms with van der Waals surface area (Å²) in [5.41, 5.74) is 5.08. The van der Waals surface area contributed by atoms with E-state index >= 15 is 0 Å². The fourth-order valence-electron chi connectivity index (χ4n) is 2.38. The molecule has 0 radical (unpaired) electrons. The van der Waals surface area contributed by atoms with Crippen LogP contribution in [0.15, 0.2) is 60.9 Å². The molecule has 0 saturated heterocycles. The molecule has 0 saturated carbocycles. The van der Waals surface area contributed by atoms with Gasteiger partial charge in [-0.05, 0) is 30.7 Å². The zero-order valence-electron chi connectivity index (χ0n) is 13.1. The predicted octanol–water partition coefficient (Wildman–Crippen LogP) is 2.32. The molecule has 0 aliphatic carbocycles. The number of benzene rings is 2. The lowest BCUT2D eigenvalue weighted by Crippen LogP contribution is -2.26. The highest BCUT2D eigenvalue weighted by atomic mass is 16.2. The van der Waals surface area contributed by atoms with Crippen LogP contribution in [0.5, 0.6) is 0 Å². The van der Waals surface area contributed by atoms with E-state index in [1.807, 2.05) is 42.5 Å². The highest BCUT2D eigenvalue weighted by molar-refractivity contribution is 5.94. The first-order valence-corrected chi connectivity index (χ1v) is 7.79. The van der Waals surface area contributed by atoms with E-state index in [0.29, 0.717) is 24.9 Å². The van der Waals surface area contributed by atoms with E-state index in [0.717, 1.165) is 11.0 Å². The van der Waals surface area contributed by atoms with E-state index in [4.69, 9.17) is 0 Å². The minimum Gasteiger partial charge on any atom is -0.352 e. The fraction of sp³-hybridized carbons (Fsp3) is 0.167. The standard InChI is InChI=1S/C18H18N4O2/c23-17(21-22-13-20-15-9-4-5-10-16(15)22)11-6-12-19-18(24)14-7-2-1-3-8-14/h1-5,7-10,13H,6,11-12H2,(H,19,24)(H,21,23). The molecule has 3 rings (SSSR count). The molecule has 2 N–H and O–H groups in total. The van der Waals surface area contributed by atoms with Gasteiger partial charge in [0.15, 0.2) is 0 Å². The van der Waals surface area contributed by atoms with Crippen LogP contribution in [0.1, 0.15) is 23.2 Å². The Kier molecular flexibility index (Phi) is 4.86. The van der Waals surface area contributed by atoms with Gasteiger partial charge in [-0.1, -0.05) is 30.3 Å². The lowest BCUT2D eigenvalue weighted by Gasteiger charge is -2.08. The molecule has 0 spiro atoms. The minimum absolute atomic E-state index is 0.118. The van der Waals surface area contributed by atoms with E-state index < -0.39 is 0 Å². The Morgan fingerprint density at radius 2 is 1.75 bits per heavy atom. The molecule has 2 aromatic carbocycles. The van der Waals surface area contributed by atoms with Gasteiger partial charge in [-0.3, -0.25) is 15.0 Å². The van der Waals surface area contributed by atoms with Crippen molar-refractivity contribution >= 4 is 22.8 Å². The topological polar surface area (TPSA) is 76.0 Å². The van der Waals surface area contributed by atoms with Crippen LogP contribution >= 0.6 is 0 Å². The molecule has 6 nitrogen and oxygen atoms in total. The number of aromatic nitrogens is 2. The van der Waals surface area contributed by atoms with E-state index in [2.05, 4.69) is 15.7 Å². The lowest BCUT2D eigenvalue weighted by atomic mass is 10.2. The van der Waals surface area contributed by atoms with Gasteiger partial charge in [0, 0.05) is 18.5 Å². The quantitative estimate of drug-likeness (QED) is 0.684. The minimum atomic E-state index is -0.128. The van der Waals surface area contributed by atoms with Crippen LogP contribution in [0.3, 0.4) is 0 Å². The van der Waals surface area contributed by atoms with Crippen molar-refractivity contribution in [3.05, 3.63) is 66.5 Å². The SMILES string of the molecule is O=C(CCCNC(=O)c1ccccc1)Nn1cnc2ccccc21. The second kappa shape index (κ2) is 7.41. The molecule has 0 unspecified atom stereocenters. The average Bonchev–Trinajstić information content (AvgIpc) is 3.02. The maximum Gasteiger partial charge on any atom is 0.251 e. The summed E-state index contributed by atoms with van der Waals surface area (Å²) in [6.45, 7) is 0.450. The second-order valence-electron chi connectivity index (χ2n) is 5.36. The Hall–Kier alpha value is -3.15. The van der Waals surface area contributed by atoms with E-state index in [1.165, 1.54) is 0 Å². The summed E-state index contributed by atoms with van der Waals surface area (Å²) < 4.78 is 1.61. The van der Waals surface area contributed by atoms with Crippen molar-refractivity contribution in [1.82, 2.24) is 15.0 Å². The number of carbonyl (C=O) groups excluding carboxylic acids is 2. The molecule has 1 aromatic heterocycles. The lowest BCUT2D eigenvalue weighted by molar-refractivity contribution is -0.117. The van der Waals surface area contributed by atoms with Crippen molar-refractivity contribution in [2.24, 2.45) is 0 Å². The number of rotatable bonds is 6. The fourth-order valence-corrected chi connectivity index (χ4v) is 2.38. The van der Waals surface area contributed by atoms with Crippen molar-refractivity contribution in [1.29, 1.82) is 0 Å². The molecule has 122 valence electrons. The number of hydrogen-bond donors (Lipinski definition) is 2. The maximum atomic E-state index is 12.0. The smallest absolute Gasteiger partial charge is 0.251 e. The van der Waals surface area contributed by atoms with Crippen molar-refractivity contribution in [2.45, 2.75) is 12.8 Å². The Balaban J connectivity index is 1.44. The summed E-state index contributed by atoms with van der Waals surface area (Å²) in [5, 5.41) is 2.80. The van der Waals surface area contributed by atoms with E-state index in [9.17, 15) is 9.59 Å². The molecule has 0 atom stereocenters. The number of nitrogens with one attached hydrogen (secondary N) is 2. The summed E-state index contributed by atoms with van der Waals surface area (Å²) in [4.78, 5) is 28.1. The Morgan fingerprint density at radius 3 is 2.58 bits per heavy atom. The molecule has 0 aliphatic heterocycles. The zero-order chi connectivity index (χ0) is 16.8. The molecule has 6 heteroatoms. The van der Waals surface area contributed by atoms with E-state index in [-0.39, 0.29) is 11.8 Å². The number of para-hydroxylation sites is 2. The highest BCUT2D eigenvalue weighted by Crippen LogP contribution is 2.10. The van der Waals surface area contributed by atoms with Crippen molar-refractivity contribution in [3.8, 4) is 0 Å². The Morgan fingerprint density at radius 1 is 1.00 bits per heavy atom. The summed E-state index contributed by atoms with van der Waals surface area (Å²) >= 11 is 0. The van der Waals surface area contributed by atoms with Crippen molar-refractivity contribution in [2.75, 3.05) is 12.0 Å². The van der Waals surface area contributed by atoms with Crippen LogP contribution in [-0.4, -0.2) is 28.0 Å². The molecule has 1 heterocycles. The third-order valence-electron chi connectivity index (χ3n) is 3.60. The number of amides is 2. The van der Waals surface area contributed by atoms with Gasteiger partial charge in [-0.2, -0.15) is 0 Å². The first-order chi connectivity index (χ1) is 11.7. The van der Waals surface area contributed by atoms with Gasteiger partial charge < -0.3 is 5.32 Å². The maximum absolute atomic E-state index is 12.0. The van der Waals surface area contributed by atoms with Crippen LogP contribution < -0.4 is 10.7 Å². The summed E-state index contributed by atoms with van der Waals surface area (Å²) in [6, 6.07) is 16.6. The number of fused-ring (bicyclic) bond motifs is 1. The van der Waals surface area contributed by atoms with Gasteiger partial charge in [-0.15, -0.1) is 0 Å². The van der Waals surface area contributed by atoms with Gasteiger partial charge in [0.2, 0.25) is 5.91 Å².